The van der Waals surface area contributed by atoms with Gasteiger partial charge in [-0.2, -0.15) is 0 Å². The fraction of sp³-hybridized carbons (Fsp3) is 0.955. The molecule has 0 rings (SSSR count). The lowest BCUT2D eigenvalue weighted by Crippen LogP contribution is -2.46. The summed E-state index contributed by atoms with van der Waals surface area (Å²) in [6.07, 6.45) is 74.4. The number of carbonyl (C=O) groups excluding carboxylic acids is 1. The Morgan fingerprint density at radius 3 is 1.03 bits per heavy atom. The van der Waals surface area contributed by atoms with Crippen molar-refractivity contribution in [3.63, 3.8) is 0 Å². The van der Waals surface area contributed by atoms with E-state index in [9.17, 15) is 19.4 Å². The third-order valence-corrected chi connectivity index (χ3v) is 17.0. The monoisotopic (exact) mass is 1100 g/mol. The van der Waals surface area contributed by atoms with Gasteiger partial charge in [-0.25, -0.2) is 0 Å². The van der Waals surface area contributed by atoms with Gasteiger partial charge in [0.1, 0.15) is 13.2 Å². The number of hydrogen-bond acceptors (Lipinski definition) is 6. The maximum absolute atomic E-state index is 13.0. The zero-order chi connectivity index (χ0) is 55.6. The van der Waals surface area contributed by atoms with E-state index >= 15 is 0 Å². The van der Waals surface area contributed by atoms with E-state index in [-0.39, 0.29) is 19.1 Å². The molecule has 3 unspecified atom stereocenters. The van der Waals surface area contributed by atoms with Gasteiger partial charge in [-0.3, -0.25) is 9.36 Å². The fourth-order valence-electron chi connectivity index (χ4n) is 10.7. The highest BCUT2D eigenvalue weighted by Crippen LogP contribution is 2.38. The molecule has 76 heavy (non-hydrogen) atoms. The van der Waals surface area contributed by atoms with Gasteiger partial charge in [0.15, 0.2) is 0 Å². The number of amides is 1. The van der Waals surface area contributed by atoms with E-state index in [4.69, 9.17) is 9.05 Å². The summed E-state index contributed by atoms with van der Waals surface area (Å²) in [5.41, 5.74) is 0. The molecule has 0 saturated heterocycles. The van der Waals surface area contributed by atoms with Crippen molar-refractivity contribution in [2.75, 3.05) is 40.9 Å². The molecule has 9 heteroatoms. The summed E-state index contributed by atoms with van der Waals surface area (Å²) in [6.45, 7) is 4.78. The molecule has 0 aromatic heterocycles. The summed E-state index contributed by atoms with van der Waals surface area (Å²) >= 11 is 0. The van der Waals surface area contributed by atoms with Gasteiger partial charge < -0.3 is 28.8 Å². The van der Waals surface area contributed by atoms with E-state index < -0.39 is 20.0 Å². The van der Waals surface area contributed by atoms with Crippen LogP contribution < -0.4 is 10.2 Å². The minimum Gasteiger partial charge on any atom is -0.756 e. The zero-order valence-electron chi connectivity index (χ0n) is 52.0. The summed E-state index contributed by atoms with van der Waals surface area (Å²) in [6, 6.07) is -0.797. The van der Waals surface area contributed by atoms with Crippen molar-refractivity contribution in [3.05, 3.63) is 12.2 Å². The molecule has 0 aromatic carbocycles. The lowest BCUT2D eigenvalue weighted by molar-refractivity contribution is -0.870. The third-order valence-electron chi connectivity index (χ3n) is 16.0. The number of rotatable bonds is 64. The van der Waals surface area contributed by atoms with Crippen LogP contribution in [0.15, 0.2) is 12.2 Å². The largest absolute Gasteiger partial charge is 0.756 e. The molecule has 0 aliphatic rings. The van der Waals surface area contributed by atoms with E-state index in [1.807, 2.05) is 21.1 Å². The number of likely N-dealkylation sites (N-methyl/N-ethyl adjacent to an activating group) is 1. The molecule has 0 aliphatic carbocycles. The molecule has 0 fully saturated rings. The van der Waals surface area contributed by atoms with Crippen molar-refractivity contribution in [2.24, 2.45) is 0 Å². The first kappa shape index (κ1) is 75.2. The Morgan fingerprint density at radius 1 is 0.447 bits per heavy atom. The van der Waals surface area contributed by atoms with Crippen LogP contribution in [0.4, 0.5) is 0 Å². The number of nitrogens with zero attached hydrogens (tertiary/aromatic N) is 1. The van der Waals surface area contributed by atoms with Gasteiger partial charge in [0.05, 0.1) is 39.9 Å². The molecule has 0 heterocycles. The Kier molecular flexibility index (Phi) is 58.3. The Balaban J connectivity index is 3.90. The number of phosphoric ester groups is 1. The van der Waals surface area contributed by atoms with Crippen molar-refractivity contribution >= 4 is 13.7 Å². The number of aliphatic hydroxyl groups excluding tert-OH is 1. The van der Waals surface area contributed by atoms with Crippen LogP contribution in [0.5, 0.6) is 0 Å². The molecule has 8 nitrogen and oxygen atoms in total. The number of quaternary nitrogens is 1. The summed E-state index contributed by atoms with van der Waals surface area (Å²) in [5, 5.41) is 14.1. The number of hydrogen-bond donors (Lipinski definition) is 2. The fourth-order valence-corrected chi connectivity index (χ4v) is 11.4. The number of aliphatic hydroxyl groups is 1. The second-order valence-electron chi connectivity index (χ2n) is 24.9. The molecule has 2 N–H and O–H groups in total. The summed E-state index contributed by atoms with van der Waals surface area (Å²) in [7, 11) is 1.32. The Labute approximate surface area is 475 Å². The van der Waals surface area contributed by atoms with Gasteiger partial charge in [-0.1, -0.05) is 328 Å². The molecular weight excluding hydrogens is 960 g/mol. The van der Waals surface area contributed by atoms with Crippen LogP contribution in [-0.4, -0.2) is 68.5 Å². The molecule has 0 radical (unpaired) electrons. The molecule has 0 aromatic rings. The van der Waals surface area contributed by atoms with Crippen LogP contribution in [-0.2, 0) is 18.4 Å². The second kappa shape index (κ2) is 58.9. The molecule has 3 atom stereocenters. The van der Waals surface area contributed by atoms with Crippen LogP contribution >= 0.6 is 7.82 Å². The van der Waals surface area contributed by atoms with Crippen LogP contribution in [0.25, 0.3) is 0 Å². The molecule has 0 spiro atoms. The highest BCUT2D eigenvalue weighted by molar-refractivity contribution is 7.45. The lowest BCUT2D eigenvalue weighted by atomic mass is 10.0. The average molecular weight is 1100 g/mol. The van der Waals surface area contributed by atoms with Crippen LogP contribution in [0.1, 0.15) is 361 Å². The maximum Gasteiger partial charge on any atom is 0.268 e. The van der Waals surface area contributed by atoms with E-state index in [1.54, 1.807) is 0 Å². The number of unbranched alkanes of at least 4 members (excludes halogenated alkanes) is 49. The Morgan fingerprint density at radius 2 is 0.724 bits per heavy atom. The topological polar surface area (TPSA) is 108 Å². The lowest BCUT2D eigenvalue weighted by Gasteiger charge is -2.30. The first-order chi connectivity index (χ1) is 37.0. The average Bonchev–Trinajstić information content (AvgIpc) is 3.38. The smallest absolute Gasteiger partial charge is 0.268 e. The number of nitrogens with one attached hydrogen (secondary N) is 1. The molecule has 454 valence electrons. The predicted molar refractivity (Wildman–Crippen MR) is 330 cm³/mol. The maximum atomic E-state index is 13.0. The first-order valence-corrected chi connectivity index (χ1v) is 35.5. The van der Waals surface area contributed by atoms with Crippen molar-refractivity contribution in [1.82, 2.24) is 5.32 Å². The minimum atomic E-state index is -4.57. The minimum absolute atomic E-state index is 0.0155. The van der Waals surface area contributed by atoms with Gasteiger partial charge in [0.2, 0.25) is 5.91 Å². The van der Waals surface area contributed by atoms with Crippen LogP contribution in [0, 0.1) is 0 Å². The first-order valence-electron chi connectivity index (χ1n) is 34.0. The number of carbonyl (C=O) groups is 1. The van der Waals surface area contributed by atoms with E-state index in [1.165, 1.54) is 295 Å². The van der Waals surface area contributed by atoms with E-state index in [0.717, 1.165) is 38.5 Å². The van der Waals surface area contributed by atoms with Gasteiger partial charge in [0, 0.05) is 6.42 Å². The number of allylic oxidation sites excluding steroid dienone is 2. The van der Waals surface area contributed by atoms with Crippen molar-refractivity contribution in [3.8, 4) is 0 Å². The van der Waals surface area contributed by atoms with Gasteiger partial charge in [-0.05, 0) is 38.5 Å². The molecule has 0 aliphatic heterocycles. The van der Waals surface area contributed by atoms with Crippen molar-refractivity contribution < 1.29 is 32.9 Å². The summed E-state index contributed by atoms with van der Waals surface area (Å²) < 4.78 is 23.5. The van der Waals surface area contributed by atoms with Crippen LogP contribution in [0.2, 0.25) is 0 Å². The van der Waals surface area contributed by atoms with E-state index in [2.05, 4.69) is 31.3 Å². The standard InChI is InChI=1S/C67H135N2O6P/c1-6-8-10-12-14-16-18-20-22-24-25-26-27-28-29-30-31-32-33-34-35-36-37-38-39-40-41-42-43-45-47-49-51-53-55-57-59-61-67(71)68-65(64-75-76(72,73)74-63-62-69(3,4)5)66(70)60-58-56-54-52-50-48-46-44-23-21-19-17-15-13-11-9-7-2/h32-33,65-66,70H,6-31,34-64H2,1-5H3,(H-,68,71,72,73)/b33-32-. The second-order valence-corrected chi connectivity index (χ2v) is 26.3. The van der Waals surface area contributed by atoms with Crippen molar-refractivity contribution in [2.45, 2.75) is 373 Å². The Bertz CT molecular complexity index is 1240. The molecule has 0 bridgehead atoms. The third kappa shape index (κ3) is 60.9. The molecule has 1 amide bonds. The molecule has 0 saturated carbocycles. The highest BCUT2D eigenvalue weighted by atomic mass is 31.2. The quantitative estimate of drug-likeness (QED) is 0.0272. The molecular formula is C67H135N2O6P. The summed E-state index contributed by atoms with van der Waals surface area (Å²) in [4.78, 5) is 25.6. The Hall–Kier alpha value is -0.760. The highest BCUT2D eigenvalue weighted by Gasteiger charge is 2.24. The van der Waals surface area contributed by atoms with Gasteiger partial charge in [0.25, 0.3) is 7.82 Å². The predicted octanol–water partition coefficient (Wildman–Crippen LogP) is 20.7. The van der Waals surface area contributed by atoms with Gasteiger partial charge in [-0.15, -0.1) is 0 Å². The number of phosphoric acid groups is 1. The van der Waals surface area contributed by atoms with E-state index in [0.29, 0.717) is 23.9 Å². The summed E-state index contributed by atoms with van der Waals surface area (Å²) in [5.74, 6) is -0.157. The van der Waals surface area contributed by atoms with Gasteiger partial charge >= 0.3 is 0 Å². The zero-order valence-corrected chi connectivity index (χ0v) is 52.9. The van der Waals surface area contributed by atoms with Crippen molar-refractivity contribution in [1.29, 1.82) is 0 Å². The van der Waals surface area contributed by atoms with Crippen LogP contribution in [0.3, 0.4) is 0 Å². The normalized spacial score (nSPS) is 13.7. The SMILES string of the molecule is CCCCCCCCCCCCCCCCCC/C=C\CCCCCCCCCCCCCCCCCCCC(=O)NC(COP(=O)([O-])OCC[N+](C)(C)C)C(O)CCCCCCCCCCCCCCCCCCC.